The van der Waals surface area contributed by atoms with Crippen LogP contribution in [0.1, 0.15) is 25.3 Å². The van der Waals surface area contributed by atoms with Crippen molar-refractivity contribution in [3.05, 3.63) is 35.0 Å². The van der Waals surface area contributed by atoms with E-state index in [1.54, 1.807) is 0 Å². The first-order valence-corrected chi connectivity index (χ1v) is 5.31. The molecule has 0 atom stereocenters. The summed E-state index contributed by atoms with van der Waals surface area (Å²) in [6.07, 6.45) is 0. The quantitative estimate of drug-likeness (QED) is 0.589. The van der Waals surface area contributed by atoms with Crippen molar-refractivity contribution in [2.24, 2.45) is 0 Å². The topological polar surface area (TPSA) is 38.9 Å². The Kier molecular flexibility index (Phi) is 2.53. The van der Waals surface area contributed by atoms with E-state index in [4.69, 9.17) is 17.3 Å². The van der Waals surface area contributed by atoms with Crippen molar-refractivity contribution in [3.8, 4) is 0 Å². The molecule has 0 aliphatic rings. The number of anilines is 1. The maximum absolute atomic E-state index is 5.97. The van der Waals surface area contributed by atoms with E-state index < -0.39 is 0 Å². The van der Waals surface area contributed by atoms with Gasteiger partial charge in [0.1, 0.15) is 5.15 Å². The molecule has 2 nitrogen and oxygen atoms in total. The summed E-state index contributed by atoms with van der Waals surface area (Å²) in [4.78, 5) is 4.26. The van der Waals surface area contributed by atoms with Crippen LogP contribution < -0.4 is 5.73 Å². The molecule has 0 radical (unpaired) electrons. The first-order chi connectivity index (χ1) is 7.08. The Hall–Kier alpha value is -1.28. The molecule has 2 aromatic rings. The fourth-order valence-electron chi connectivity index (χ4n) is 1.72. The molecule has 0 fully saturated rings. The predicted octanol–water partition coefficient (Wildman–Crippen LogP) is 3.59. The SMILES string of the molecule is CC(C)c1cc(Cl)nc2cc(N)ccc12. The van der Waals surface area contributed by atoms with Crippen LogP contribution in [0.5, 0.6) is 0 Å². The summed E-state index contributed by atoms with van der Waals surface area (Å²) in [6, 6.07) is 7.67. The van der Waals surface area contributed by atoms with Gasteiger partial charge in [0.05, 0.1) is 5.52 Å². The highest BCUT2D eigenvalue weighted by Gasteiger charge is 2.08. The van der Waals surface area contributed by atoms with Crippen molar-refractivity contribution in [2.75, 3.05) is 5.73 Å². The molecule has 78 valence electrons. The number of hydrogen-bond donors (Lipinski definition) is 1. The average Bonchev–Trinajstić information content (AvgIpc) is 2.15. The lowest BCUT2D eigenvalue weighted by atomic mass is 9.99. The molecule has 0 spiro atoms. The fraction of sp³-hybridized carbons (Fsp3) is 0.250. The van der Waals surface area contributed by atoms with Gasteiger partial charge in [-0.15, -0.1) is 0 Å². The van der Waals surface area contributed by atoms with E-state index >= 15 is 0 Å². The molecule has 1 aromatic heterocycles. The minimum atomic E-state index is 0.427. The van der Waals surface area contributed by atoms with E-state index in [0.717, 1.165) is 10.9 Å². The summed E-state index contributed by atoms with van der Waals surface area (Å²) in [7, 11) is 0. The molecule has 0 amide bonds. The summed E-state index contributed by atoms with van der Waals surface area (Å²) in [5.41, 5.74) is 8.51. The standard InChI is InChI=1S/C12H13ClN2/c1-7(2)10-6-12(13)15-11-5-8(14)3-4-9(10)11/h3-7H,14H2,1-2H3. The van der Waals surface area contributed by atoms with E-state index in [2.05, 4.69) is 18.8 Å². The molecule has 1 aromatic carbocycles. The molecule has 1 heterocycles. The Morgan fingerprint density at radius 3 is 2.67 bits per heavy atom. The number of nitrogens with zero attached hydrogens (tertiary/aromatic N) is 1. The van der Waals surface area contributed by atoms with Gasteiger partial charge < -0.3 is 5.73 Å². The number of fused-ring (bicyclic) bond motifs is 1. The van der Waals surface area contributed by atoms with Gasteiger partial charge in [-0.1, -0.05) is 31.5 Å². The summed E-state index contributed by atoms with van der Waals surface area (Å²) < 4.78 is 0. The van der Waals surface area contributed by atoms with Gasteiger partial charge >= 0.3 is 0 Å². The number of nitrogen functional groups attached to an aromatic ring is 1. The third-order valence-corrected chi connectivity index (χ3v) is 2.65. The summed E-state index contributed by atoms with van der Waals surface area (Å²) >= 11 is 5.97. The van der Waals surface area contributed by atoms with Crippen molar-refractivity contribution in [2.45, 2.75) is 19.8 Å². The number of nitrogens with two attached hydrogens (primary N) is 1. The lowest BCUT2D eigenvalue weighted by Crippen LogP contribution is -1.93. The van der Waals surface area contributed by atoms with Crippen molar-refractivity contribution >= 4 is 28.2 Å². The third-order valence-electron chi connectivity index (χ3n) is 2.46. The Morgan fingerprint density at radius 1 is 1.27 bits per heavy atom. The fourth-order valence-corrected chi connectivity index (χ4v) is 1.92. The van der Waals surface area contributed by atoms with E-state index in [1.807, 2.05) is 24.3 Å². The van der Waals surface area contributed by atoms with Crippen LogP contribution in [-0.2, 0) is 0 Å². The Balaban J connectivity index is 2.80. The monoisotopic (exact) mass is 220 g/mol. The second kappa shape index (κ2) is 3.70. The van der Waals surface area contributed by atoms with Gasteiger partial charge in [-0.3, -0.25) is 0 Å². The van der Waals surface area contributed by atoms with Crippen LogP contribution in [0.25, 0.3) is 10.9 Å². The lowest BCUT2D eigenvalue weighted by Gasteiger charge is -2.10. The van der Waals surface area contributed by atoms with Gasteiger partial charge in [-0.25, -0.2) is 4.98 Å². The van der Waals surface area contributed by atoms with Gasteiger partial charge in [-0.2, -0.15) is 0 Å². The van der Waals surface area contributed by atoms with Crippen LogP contribution in [0.15, 0.2) is 24.3 Å². The molecule has 0 unspecified atom stereocenters. The summed E-state index contributed by atoms with van der Waals surface area (Å²) in [6.45, 7) is 4.28. The Labute approximate surface area is 94.1 Å². The molecule has 15 heavy (non-hydrogen) atoms. The number of benzene rings is 1. The van der Waals surface area contributed by atoms with Crippen LogP contribution in [0.2, 0.25) is 5.15 Å². The van der Waals surface area contributed by atoms with E-state index in [0.29, 0.717) is 16.8 Å². The van der Waals surface area contributed by atoms with Crippen molar-refractivity contribution in [1.29, 1.82) is 0 Å². The van der Waals surface area contributed by atoms with Crippen LogP contribution in [0.4, 0.5) is 5.69 Å². The number of pyridine rings is 1. The molecular formula is C12H13ClN2. The van der Waals surface area contributed by atoms with Gasteiger partial charge in [0, 0.05) is 11.1 Å². The van der Waals surface area contributed by atoms with Crippen molar-refractivity contribution in [3.63, 3.8) is 0 Å². The highest BCUT2D eigenvalue weighted by molar-refractivity contribution is 6.30. The first kappa shape index (κ1) is 10.2. The maximum atomic E-state index is 5.97. The average molecular weight is 221 g/mol. The van der Waals surface area contributed by atoms with Gasteiger partial charge in [-0.05, 0) is 29.7 Å². The smallest absolute Gasteiger partial charge is 0.130 e. The zero-order chi connectivity index (χ0) is 11.0. The van der Waals surface area contributed by atoms with Crippen molar-refractivity contribution < 1.29 is 0 Å². The van der Waals surface area contributed by atoms with E-state index in [-0.39, 0.29) is 0 Å². The van der Waals surface area contributed by atoms with E-state index in [1.165, 1.54) is 5.56 Å². The van der Waals surface area contributed by atoms with Gasteiger partial charge in [0.25, 0.3) is 0 Å². The molecule has 0 saturated heterocycles. The van der Waals surface area contributed by atoms with Crippen LogP contribution in [0.3, 0.4) is 0 Å². The van der Waals surface area contributed by atoms with Gasteiger partial charge in [0.15, 0.2) is 0 Å². The maximum Gasteiger partial charge on any atom is 0.130 e. The molecule has 0 aliphatic heterocycles. The first-order valence-electron chi connectivity index (χ1n) is 4.93. The number of hydrogen-bond acceptors (Lipinski definition) is 2. The number of halogens is 1. The van der Waals surface area contributed by atoms with E-state index in [9.17, 15) is 0 Å². The minimum absolute atomic E-state index is 0.427. The normalized spacial score (nSPS) is 11.2. The number of aromatic nitrogens is 1. The lowest BCUT2D eigenvalue weighted by molar-refractivity contribution is 0.874. The summed E-state index contributed by atoms with van der Waals surface area (Å²) in [5, 5.41) is 1.65. The van der Waals surface area contributed by atoms with Crippen LogP contribution >= 0.6 is 11.6 Å². The highest BCUT2D eigenvalue weighted by Crippen LogP contribution is 2.27. The highest BCUT2D eigenvalue weighted by atomic mass is 35.5. The third kappa shape index (κ3) is 1.90. The van der Waals surface area contributed by atoms with Crippen LogP contribution in [0, 0.1) is 0 Å². The molecular weight excluding hydrogens is 208 g/mol. The van der Waals surface area contributed by atoms with Crippen molar-refractivity contribution in [1.82, 2.24) is 4.98 Å². The molecule has 2 N–H and O–H groups in total. The Bertz CT molecular complexity index is 501. The minimum Gasteiger partial charge on any atom is -0.399 e. The van der Waals surface area contributed by atoms with Gasteiger partial charge in [0.2, 0.25) is 0 Å². The summed E-state index contributed by atoms with van der Waals surface area (Å²) in [5.74, 6) is 0.427. The Morgan fingerprint density at radius 2 is 2.00 bits per heavy atom. The second-order valence-electron chi connectivity index (χ2n) is 3.97. The van der Waals surface area contributed by atoms with Crippen LogP contribution in [-0.4, -0.2) is 4.98 Å². The molecule has 0 aliphatic carbocycles. The number of rotatable bonds is 1. The zero-order valence-electron chi connectivity index (χ0n) is 8.79. The molecule has 3 heteroatoms. The largest absolute Gasteiger partial charge is 0.399 e. The molecule has 2 rings (SSSR count). The predicted molar refractivity (Wildman–Crippen MR) is 65.3 cm³/mol. The molecule has 0 bridgehead atoms. The second-order valence-corrected chi connectivity index (χ2v) is 4.35. The zero-order valence-corrected chi connectivity index (χ0v) is 9.55. The molecule has 0 saturated carbocycles.